The second-order valence-corrected chi connectivity index (χ2v) is 6.78. The van der Waals surface area contributed by atoms with Crippen molar-refractivity contribution in [3.8, 4) is 0 Å². The molecule has 1 saturated carbocycles. The summed E-state index contributed by atoms with van der Waals surface area (Å²) >= 11 is 0. The summed E-state index contributed by atoms with van der Waals surface area (Å²) in [5, 5.41) is 26.8. The van der Waals surface area contributed by atoms with E-state index in [1.165, 1.54) is 12.8 Å². The highest BCUT2D eigenvalue weighted by atomic mass is 16.4. The van der Waals surface area contributed by atoms with Gasteiger partial charge in [-0.3, -0.25) is 4.79 Å². The molecule has 122 valence electrons. The zero-order chi connectivity index (χ0) is 15.5. The topological polar surface area (TPSA) is 104 Å². The second kappa shape index (κ2) is 6.73. The number of aliphatic carboxylic acids is 1. The number of fused-ring (bicyclic) bond motifs is 1. The number of carboxylic acid groups (broad SMARTS) is 1. The van der Waals surface area contributed by atoms with Crippen LogP contribution in [0.1, 0.15) is 51.3 Å². The largest absolute Gasteiger partial charge is 0.480 e. The lowest BCUT2D eigenvalue weighted by molar-refractivity contribution is -0.142. The molecule has 2 aliphatic rings. The molecule has 1 saturated heterocycles. The minimum absolute atomic E-state index is 0.359. The quantitative estimate of drug-likeness (QED) is 0.759. The molecular weight excluding hydrogens is 282 g/mol. The van der Waals surface area contributed by atoms with Crippen LogP contribution in [0.4, 0.5) is 0 Å². The lowest BCUT2D eigenvalue weighted by atomic mass is 9.65. The van der Waals surface area contributed by atoms with Crippen LogP contribution in [0, 0.1) is 17.8 Å². The number of tetrazole rings is 1. The van der Waals surface area contributed by atoms with Gasteiger partial charge < -0.3 is 10.4 Å². The summed E-state index contributed by atoms with van der Waals surface area (Å²) in [6, 6.07) is -0.0137. The molecule has 1 aromatic heterocycles. The number of piperidine rings is 1. The first kappa shape index (κ1) is 15.4. The van der Waals surface area contributed by atoms with Gasteiger partial charge in [0.2, 0.25) is 0 Å². The summed E-state index contributed by atoms with van der Waals surface area (Å²) in [6.07, 6.45) is 7.30. The molecule has 0 radical (unpaired) electrons. The number of carbonyl (C=O) groups is 1. The zero-order valence-electron chi connectivity index (χ0n) is 13.0. The average molecular weight is 307 g/mol. The van der Waals surface area contributed by atoms with Crippen molar-refractivity contribution in [2.75, 3.05) is 0 Å². The molecule has 3 rings (SSSR count). The van der Waals surface area contributed by atoms with Gasteiger partial charge in [-0.15, -0.1) is 10.2 Å². The van der Waals surface area contributed by atoms with Crippen molar-refractivity contribution < 1.29 is 9.90 Å². The molecule has 7 heteroatoms. The van der Waals surface area contributed by atoms with Gasteiger partial charge >= 0.3 is 5.97 Å². The maximum atomic E-state index is 11.4. The maximum absolute atomic E-state index is 11.4. The Balaban J connectivity index is 1.58. The maximum Gasteiger partial charge on any atom is 0.320 e. The molecule has 7 nitrogen and oxygen atoms in total. The normalized spacial score (nSPS) is 35.0. The van der Waals surface area contributed by atoms with E-state index < -0.39 is 5.97 Å². The molecule has 2 fully saturated rings. The monoisotopic (exact) mass is 307 g/mol. The van der Waals surface area contributed by atoms with Crippen LogP contribution in [-0.4, -0.2) is 43.8 Å². The Kier molecular flexibility index (Phi) is 4.71. The summed E-state index contributed by atoms with van der Waals surface area (Å²) in [7, 11) is 0. The van der Waals surface area contributed by atoms with Crippen molar-refractivity contribution in [3.05, 3.63) is 5.82 Å². The van der Waals surface area contributed by atoms with E-state index in [2.05, 4.69) is 32.9 Å². The first-order valence-electron chi connectivity index (χ1n) is 8.38. The smallest absolute Gasteiger partial charge is 0.320 e. The van der Waals surface area contributed by atoms with Gasteiger partial charge in [0.1, 0.15) is 6.04 Å². The van der Waals surface area contributed by atoms with E-state index in [1.54, 1.807) is 0 Å². The Morgan fingerprint density at radius 3 is 2.91 bits per heavy atom. The number of carboxylic acids is 1. The van der Waals surface area contributed by atoms with Gasteiger partial charge in [0.15, 0.2) is 5.82 Å². The lowest BCUT2D eigenvalue weighted by Crippen LogP contribution is -2.55. The molecule has 0 bridgehead atoms. The van der Waals surface area contributed by atoms with Crippen LogP contribution < -0.4 is 5.32 Å². The van der Waals surface area contributed by atoms with Crippen LogP contribution in [0.3, 0.4) is 0 Å². The van der Waals surface area contributed by atoms with Crippen LogP contribution in [0.15, 0.2) is 0 Å². The van der Waals surface area contributed by atoms with Gasteiger partial charge in [-0.05, 0) is 49.9 Å². The first-order valence-corrected chi connectivity index (χ1v) is 8.38. The highest BCUT2D eigenvalue weighted by molar-refractivity contribution is 5.73. The van der Waals surface area contributed by atoms with Gasteiger partial charge in [0, 0.05) is 12.5 Å². The van der Waals surface area contributed by atoms with Crippen molar-refractivity contribution >= 4 is 5.97 Å². The fourth-order valence-electron chi connectivity index (χ4n) is 4.41. The lowest BCUT2D eigenvalue weighted by Gasteiger charge is -2.46. The van der Waals surface area contributed by atoms with Crippen LogP contribution in [-0.2, 0) is 11.2 Å². The summed E-state index contributed by atoms with van der Waals surface area (Å²) < 4.78 is 0. The van der Waals surface area contributed by atoms with Gasteiger partial charge in [-0.2, -0.15) is 5.21 Å². The molecule has 1 unspecified atom stereocenters. The molecule has 2 heterocycles. The Morgan fingerprint density at radius 2 is 2.23 bits per heavy atom. The van der Waals surface area contributed by atoms with E-state index in [4.69, 9.17) is 0 Å². The minimum atomic E-state index is -0.703. The number of hydrogen-bond donors (Lipinski definition) is 3. The van der Waals surface area contributed by atoms with Gasteiger partial charge in [0.05, 0.1) is 0 Å². The number of aromatic amines is 1. The number of rotatable bonds is 5. The van der Waals surface area contributed by atoms with Crippen LogP contribution in [0.2, 0.25) is 0 Å². The summed E-state index contributed by atoms with van der Waals surface area (Å²) in [5.74, 6) is 1.91. The molecule has 0 amide bonds. The van der Waals surface area contributed by atoms with Crippen molar-refractivity contribution in [1.29, 1.82) is 0 Å². The number of nitrogens with zero attached hydrogens (tertiary/aromatic N) is 3. The number of aryl methyl sites for hydroxylation is 1. The molecule has 1 aliphatic carbocycles. The summed E-state index contributed by atoms with van der Waals surface area (Å²) in [6.45, 7) is 2.15. The van der Waals surface area contributed by atoms with E-state index in [0.29, 0.717) is 23.8 Å². The molecule has 5 atom stereocenters. The van der Waals surface area contributed by atoms with Crippen LogP contribution in [0.25, 0.3) is 0 Å². The Labute approximate surface area is 130 Å². The number of nitrogens with one attached hydrogen (secondary N) is 2. The molecule has 22 heavy (non-hydrogen) atoms. The van der Waals surface area contributed by atoms with Crippen molar-refractivity contribution in [2.45, 2.75) is 64.0 Å². The highest BCUT2D eigenvalue weighted by Gasteiger charge is 2.42. The Bertz CT molecular complexity index is 492. The van der Waals surface area contributed by atoms with Gasteiger partial charge in [-0.1, -0.05) is 18.6 Å². The number of H-pyrrole nitrogens is 1. The third-order valence-electron chi connectivity index (χ3n) is 5.52. The number of aromatic nitrogens is 4. The Morgan fingerprint density at radius 1 is 1.36 bits per heavy atom. The van der Waals surface area contributed by atoms with E-state index in [-0.39, 0.29) is 6.04 Å². The van der Waals surface area contributed by atoms with Gasteiger partial charge in [0.25, 0.3) is 0 Å². The third kappa shape index (κ3) is 3.29. The molecule has 0 spiro atoms. The molecule has 1 aromatic rings. The fourth-order valence-corrected chi connectivity index (χ4v) is 4.41. The first-order chi connectivity index (χ1) is 10.7. The van der Waals surface area contributed by atoms with Gasteiger partial charge in [-0.25, -0.2) is 0 Å². The fraction of sp³-hybridized carbons (Fsp3) is 0.867. The standard InChI is InChI=1S/C15H25N5O2/c1-2-12-11-5-3-9(4-6-14-17-19-20-18-14)7-10(11)8-13(16-12)15(21)22/h9-13,16H,2-8H2,1H3,(H,21,22)(H,17,18,19,20)/t9-,10-,11-,12?,13+/m1/s1. The third-order valence-corrected chi connectivity index (χ3v) is 5.52. The van der Waals surface area contributed by atoms with Crippen LogP contribution in [0.5, 0.6) is 0 Å². The zero-order valence-corrected chi connectivity index (χ0v) is 13.0. The molecule has 3 N–H and O–H groups in total. The van der Waals surface area contributed by atoms with E-state index in [0.717, 1.165) is 37.9 Å². The van der Waals surface area contributed by atoms with Crippen LogP contribution >= 0.6 is 0 Å². The number of hydrogen-bond acceptors (Lipinski definition) is 5. The summed E-state index contributed by atoms with van der Waals surface area (Å²) in [4.78, 5) is 11.4. The SMILES string of the molecule is CCC1N[C@H](C(=O)O)C[C@H]2C[C@@H](CCc3nn[nH]n3)CC[C@@H]12. The summed E-state index contributed by atoms with van der Waals surface area (Å²) in [5.41, 5.74) is 0. The van der Waals surface area contributed by atoms with Crippen molar-refractivity contribution in [2.24, 2.45) is 17.8 Å². The molecule has 1 aliphatic heterocycles. The second-order valence-electron chi connectivity index (χ2n) is 6.78. The van der Waals surface area contributed by atoms with E-state index in [1.807, 2.05) is 0 Å². The average Bonchev–Trinajstić information content (AvgIpc) is 3.04. The minimum Gasteiger partial charge on any atom is -0.480 e. The predicted molar refractivity (Wildman–Crippen MR) is 80.1 cm³/mol. The van der Waals surface area contributed by atoms with Crippen molar-refractivity contribution in [3.63, 3.8) is 0 Å². The molecule has 0 aromatic carbocycles. The Hall–Kier alpha value is -1.50. The van der Waals surface area contributed by atoms with E-state index in [9.17, 15) is 9.90 Å². The molecular formula is C15H25N5O2. The van der Waals surface area contributed by atoms with Crippen molar-refractivity contribution in [1.82, 2.24) is 25.9 Å². The highest BCUT2D eigenvalue weighted by Crippen LogP contribution is 2.43. The van der Waals surface area contributed by atoms with E-state index >= 15 is 0 Å². The predicted octanol–water partition coefficient (Wildman–Crippen LogP) is 1.39.